The molecule has 178 valence electrons. The van der Waals surface area contributed by atoms with Crippen LogP contribution in [0.25, 0.3) is 11.3 Å². The Labute approximate surface area is 207 Å². The molecule has 4 rings (SSSR count). The molecule has 35 heavy (non-hydrogen) atoms. The molecule has 0 spiro atoms. The van der Waals surface area contributed by atoms with Crippen molar-refractivity contribution in [3.63, 3.8) is 0 Å². The summed E-state index contributed by atoms with van der Waals surface area (Å²) in [6.45, 7) is 4.14. The second-order valence-corrected chi connectivity index (χ2v) is 8.35. The first-order valence-corrected chi connectivity index (χ1v) is 11.8. The van der Waals surface area contributed by atoms with Crippen molar-refractivity contribution in [2.24, 2.45) is 0 Å². The Morgan fingerprint density at radius 3 is 2.43 bits per heavy atom. The predicted octanol–water partition coefficient (Wildman–Crippen LogP) is 5.39. The van der Waals surface area contributed by atoms with Crippen LogP contribution in [0.4, 0.5) is 10.8 Å². The number of hydrogen-bond donors (Lipinski definition) is 2. The van der Waals surface area contributed by atoms with Gasteiger partial charge in [-0.25, -0.2) is 4.98 Å². The standard InChI is InChI=1S/C26H24N4O4S/c1-3-33-24-14-20(6-9-23(24)34-15-18-10-12-27-13-11-18)25(32)30-26-29-22(16-35-26)19-4-7-21(8-5-19)28-17(2)31/h4-14,16H,3,15H2,1-2H3,(H,28,31)(H,29,30,32). The Morgan fingerprint density at radius 2 is 1.71 bits per heavy atom. The molecule has 0 fully saturated rings. The highest BCUT2D eigenvalue weighted by molar-refractivity contribution is 7.14. The first kappa shape index (κ1) is 23.9. The molecular weight excluding hydrogens is 464 g/mol. The van der Waals surface area contributed by atoms with Gasteiger partial charge in [0.2, 0.25) is 5.91 Å². The zero-order chi connectivity index (χ0) is 24.6. The fourth-order valence-electron chi connectivity index (χ4n) is 3.24. The summed E-state index contributed by atoms with van der Waals surface area (Å²) >= 11 is 1.33. The lowest BCUT2D eigenvalue weighted by Gasteiger charge is -2.13. The van der Waals surface area contributed by atoms with Gasteiger partial charge in [0.25, 0.3) is 5.91 Å². The Balaban J connectivity index is 1.43. The van der Waals surface area contributed by atoms with E-state index < -0.39 is 0 Å². The van der Waals surface area contributed by atoms with Crippen LogP contribution >= 0.6 is 11.3 Å². The van der Waals surface area contributed by atoms with Gasteiger partial charge >= 0.3 is 0 Å². The quantitative estimate of drug-likeness (QED) is 0.327. The van der Waals surface area contributed by atoms with Crippen LogP contribution in [0.5, 0.6) is 11.5 Å². The van der Waals surface area contributed by atoms with Gasteiger partial charge in [-0.3, -0.25) is 19.9 Å². The third kappa shape index (κ3) is 6.42. The van der Waals surface area contributed by atoms with Gasteiger partial charge in [0, 0.05) is 41.5 Å². The molecule has 9 heteroatoms. The second-order valence-electron chi connectivity index (χ2n) is 7.49. The number of nitrogens with zero attached hydrogens (tertiary/aromatic N) is 2. The van der Waals surface area contributed by atoms with Gasteiger partial charge in [-0.05, 0) is 55.0 Å². The number of pyridine rings is 1. The van der Waals surface area contributed by atoms with Crippen LogP contribution in [0.3, 0.4) is 0 Å². The fraction of sp³-hybridized carbons (Fsp3) is 0.154. The average Bonchev–Trinajstić information content (AvgIpc) is 3.32. The number of nitrogens with one attached hydrogen (secondary N) is 2. The number of amides is 2. The minimum atomic E-state index is -0.298. The third-order valence-electron chi connectivity index (χ3n) is 4.88. The van der Waals surface area contributed by atoms with Gasteiger partial charge in [0.15, 0.2) is 16.6 Å². The lowest BCUT2D eigenvalue weighted by molar-refractivity contribution is -0.114. The number of thiazole rings is 1. The smallest absolute Gasteiger partial charge is 0.257 e. The highest BCUT2D eigenvalue weighted by Gasteiger charge is 2.14. The van der Waals surface area contributed by atoms with Crippen LogP contribution in [-0.2, 0) is 11.4 Å². The Bertz CT molecular complexity index is 1310. The number of aromatic nitrogens is 2. The Hall–Kier alpha value is -4.24. The number of benzene rings is 2. The van der Waals surface area contributed by atoms with E-state index in [1.807, 2.05) is 48.7 Å². The van der Waals surface area contributed by atoms with Crippen molar-refractivity contribution >= 4 is 34.0 Å². The van der Waals surface area contributed by atoms with Gasteiger partial charge < -0.3 is 14.8 Å². The SMILES string of the molecule is CCOc1cc(C(=O)Nc2nc(-c3ccc(NC(C)=O)cc3)cs2)ccc1OCc1ccncc1. The van der Waals surface area contributed by atoms with E-state index in [9.17, 15) is 9.59 Å². The topological polar surface area (TPSA) is 102 Å². The molecule has 0 aliphatic carbocycles. The Morgan fingerprint density at radius 1 is 0.943 bits per heavy atom. The molecule has 4 aromatic rings. The number of rotatable bonds is 9. The van der Waals surface area contributed by atoms with Gasteiger partial charge in [-0.15, -0.1) is 11.3 Å². The maximum atomic E-state index is 12.9. The van der Waals surface area contributed by atoms with E-state index in [2.05, 4.69) is 20.6 Å². The number of carbonyl (C=O) groups excluding carboxylic acids is 2. The summed E-state index contributed by atoms with van der Waals surface area (Å²) < 4.78 is 11.6. The molecular formula is C26H24N4O4S. The van der Waals surface area contributed by atoms with Crippen molar-refractivity contribution in [3.8, 4) is 22.8 Å². The van der Waals surface area contributed by atoms with E-state index >= 15 is 0 Å². The molecule has 2 N–H and O–H groups in total. The summed E-state index contributed by atoms with van der Waals surface area (Å²) in [5.74, 6) is 0.624. The number of anilines is 2. The summed E-state index contributed by atoms with van der Waals surface area (Å²) in [4.78, 5) is 32.6. The maximum Gasteiger partial charge on any atom is 0.257 e. The first-order chi connectivity index (χ1) is 17.0. The van der Waals surface area contributed by atoms with Gasteiger partial charge in [-0.1, -0.05) is 12.1 Å². The van der Waals surface area contributed by atoms with E-state index in [-0.39, 0.29) is 11.8 Å². The lowest BCUT2D eigenvalue weighted by atomic mass is 10.1. The molecule has 2 heterocycles. The minimum absolute atomic E-state index is 0.128. The van der Waals surface area contributed by atoms with Gasteiger partial charge in [0.05, 0.1) is 12.3 Å². The van der Waals surface area contributed by atoms with Gasteiger partial charge in [0.1, 0.15) is 6.61 Å². The third-order valence-corrected chi connectivity index (χ3v) is 5.63. The second kappa shape index (κ2) is 11.3. The average molecular weight is 489 g/mol. The molecule has 0 aliphatic rings. The van der Waals surface area contributed by atoms with E-state index in [4.69, 9.17) is 9.47 Å². The van der Waals surface area contributed by atoms with Crippen LogP contribution in [-0.4, -0.2) is 28.4 Å². The molecule has 0 aliphatic heterocycles. The molecule has 0 atom stereocenters. The highest BCUT2D eigenvalue weighted by Crippen LogP contribution is 2.30. The summed E-state index contributed by atoms with van der Waals surface area (Å²) in [6, 6.07) is 16.2. The predicted molar refractivity (Wildman–Crippen MR) is 136 cm³/mol. The van der Waals surface area contributed by atoms with E-state index in [1.165, 1.54) is 18.3 Å². The maximum absolute atomic E-state index is 12.9. The van der Waals surface area contributed by atoms with Crippen LogP contribution in [0.15, 0.2) is 72.4 Å². The van der Waals surface area contributed by atoms with E-state index in [0.29, 0.717) is 41.1 Å². The van der Waals surface area contributed by atoms with Crippen LogP contribution in [0, 0.1) is 0 Å². The molecule has 0 unspecified atom stereocenters. The summed E-state index contributed by atoms with van der Waals surface area (Å²) in [5.41, 5.74) is 3.73. The van der Waals surface area contributed by atoms with Crippen molar-refractivity contribution < 1.29 is 19.1 Å². The highest BCUT2D eigenvalue weighted by atomic mass is 32.1. The van der Waals surface area contributed by atoms with Crippen molar-refractivity contribution in [1.82, 2.24) is 9.97 Å². The zero-order valence-corrected chi connectivity index (χ0v) is 20.1. The van der Waals surface area contributed by atoms with E-state index in [1.54, 1.807) is 30.6 Å². The first-order valence-electron chi connectivity index (χ1n) is 11.0. The van der Waals surface area contributed by atoms with Crippen LogP contribution in [0.1, 0.15) is 29.8 Å². The molecule has 0 radical (unpaired) electrons. The summed E-state index contributed by atoms with van der Waals surface area (Å²) in [5, 5.41) is 7.92. The van der Waals surface area contributed by atoms with Crippen molar-refractivity contribution in [2.45, 2.75) is 20.5 Å². The molecule has 0 saturated carbocycles. The number of hydrogen-bond acceptors (Lipinski definition) is 7. The minimum Gasteiger partial charge on any atom is -0.490 e. The number of carbonyl (C=O) groups is 2. The van der Waals surface area contributed by atoms with Crippen LogP contribution < -0.4 is 20.1 Å². The summed E-state index contributed by atoms with van der Waals surface area (Å²) in [7, 11) is 0. The van der Waals surface area contributed by atoms with Crippen molar-refractivity contribution in [3.05, 3.63) is 83.5 Å². The monoisotopic (exact) mass is 488 g/mol. The molecule has 0 saturated heterocycles. The molecule has 2 aromatic heterocycles. The summed E-state index contributed by atoms with van der Waals surface area (Å²) in [6.07, 6.45) is 3.42. The largest absolute Gasteiger partial charge is 0.490 e. The molecule has 2 aromatic carbocycles. The van der Waals surface area contributed by atoms with Crippen molar-refractivity contribution in [2.75, 3.05) is 17.2 Å². The van der Waals surface area contributed by atoms with Crippen LogP contribution in [0.2, 0.25) is 0 Å². The molecule has 8 nitrogen and oxygen atoms in total. The fourth-order valence-corrected chi connectivity index (χ4v) is 3.95. The Kier molecular flexibility index (Phi) is 7.69. The number of ether oxygens (including phenoxy) is 2. The zero-order valence-electron chi connectivity index (χ0n) is 19.3. The van der Waals surface area contributed by atoms with Gasteiger partial charge in [-0.2, -0.15) is 0 Å². The van der Waals surface area contributed by atoms with E-state index in [0.717, 1.165) is 16.8 Å². The van der Waals surface area contributed by atoms with Crippen molar-refractivity contribution in [1.29, 1.82) is 0 Å². The molecule has 0 bridgehead atoms. The normalized spacial score (nSPS) is 10.5. The lowest BCUT2D eigenvalue weighted by Crippen LogP contribution is -2.12. The molecule has 2 amide bonds.